The van der Waals surface area contributed by atoms with Crippen LogP contribution in [0.4, 0.5) is 11.4 Å². The summed E-state index contributed by atoms with van der Waals surface area (Å²) in [5.74, 6) is 0.658. The minimum Gasteiger partial charge on any atom is -0.317 e. The lowest BCUT2D eigenvalue weighted by Gasteiger charge is -2.43. The molecule has 2 atom stereocenters. The van der Waals surface area contributed by atoms with Gasteiger partial charge in [0.25, 0.3) is 5.91 Å². The van der Waals surface area contributed by atoms with Crippen molar-refractivity contribution < 1.29 is 9.59 Å². The number of carbonyl (C=O) groups excluding carboxylic acids is 2. The molecule has 5 nitrogen and oxygen atoms in total. The van der Waals surface area contributed by atoms with Gasteiger partial charge in [-0.15, -0.1) is 0 Å². The lowest BCUT2D eigenvalue weighted by atomic mass is 9.88. The Morgan fingerprint density at radius 1 is 0.917 bits per heavy atom. The summed E-state index contributed by atoms with van der Waals surface area (Å²) in [5, 5.41) is 3.42. The minimum absolute atomic E-state index is 0.0124. The molecule has 3 aromatic rings. The Labute approximate surface area is 214 Å². The highest BCUT2D eigenvalue weighted by Crippen LogP contribution is 2.43. The van der Waals surface area contributed by atoms with Crippen molar-refractivity contribution in [1.82, 2.24) is 5.32 Å². The molecular formula is C31H35N3O2. The number of anilines is 2. The molecule has 0 spiro atoms. The largest absolute Gasteiger partial charge is 0.317 e. The fourth-order valence-electron chi connectivity index (χ4n) is 5.78. The Balaban J connectivity index is 1.47. The number of amides is 2. The van der Waals surface area contributed by atoms with Crippen LogP contribution in [-0.2, 0) is 4.79 Å². The second-order valence-corrected chi connectivity index (χ2v) is 9.93. The Bertz CT molecular complexity index is 1200. The highest BCUT2D eigenvalue weighted by Gasteiger charge is 2.38. The zero-order valence-corrected chi connectivity index (χ0v) is 21.2. The van der Waals surface area contributed by atoms with Gasteiger partial charge in [0.15, 0.2) is 0 Å². The molecule has 0 aromatic heterocycles. The van der Waals surface area contributed by atoms with Crippen molar-refractivity contribution in [1.29, 1.82) is 0 Å². The quantitative estimate of drug-likeness (QED) is 0.481. The zero-order chi connectivity index (χ0) is 25.1. The Kier molecular flexibility index (Phi) is 7.19. The normalized spacial score (nSPS) is 20.0. The fourth-order valence-corrected chi connectivity index (χ4v) is 5.78. The van der Waals surface area contributed by atoms with Crippen LogP contribution in [0.15, 0.2) is 78.9 Å². The van der Waals surface area contributed by atoms with E-state index in [0.29, 0.717) is 24.3 Å². The average molecular weight is 482 g/mol. The molecule has 5 heteroatoms. The van der Waals surface area contributed by atoms with Crippen molar-refractivity contribution in [3.8, 4) is 0 Å². The standard InChI is InChI=1S/C31H35N3O2/c1-3-30(35)34(26-9-5-4-6-10-26)29-21-22(2)33(28-12-8-7-11-27(28)29)31(36)25-15-13-23(14-16-25)24-17-19-32-20-18-24/h4-16,22,24,29,32H,3,17-21H2,1-2H3. The third-order valence-electron chi connectivity index (χ3n) is 7.66. The Morgan fingerprint density at radius 2 is 1.58 bits per heavy atom. The van der Waals surface area contributed by atoms with E-state index in [2.05, 4.69) is 30.4 Å². The highest BCUT2D eigenvalue weighted by molar-refractivity contribution is 6.07. The summed E-state index contributed by atoms with van der Waals surface area (Å²) in [7, 11) is 0. The van der Waals surface area contributed by atoms with Crippen LogP contribution in [0.3, 0.4) is 0 Å². The summed E-state index contributed by atoms with van der Waals surface area (Å²) < 4.78 is 0. The maximum Gasteiger partial charge on any atom is 0.258 e. The molecule has 3 aromatic carbocycles. The molecule has 36 heavy (non-hydrogen) atoms. The Hall–Kier alpha value is -3.44. The van der Waals surface area contributed by atoms with Gasteiger partial charge >= 0.3 is 0 Å². The molecular weight excluding hydrogens is 446 g/mol. The Morgan fingerprint density at radius 3 is 2.28 bits per heavy atom. The molecule has 0 bridgehead atoms. The molecule has 186 valence electrons. The summed E-state index contributed by atoms with van der Waals surface area (Å²) in [6.07, 6.45) is 3.38. The van der Waals surface area contributed by atoms with E-state index in [4.69, 9.17) is 0 Å². The number of fused-ring (bicyclic) bond motifs is 1. The minimum atomic E-state index is -0.127. The number of nitrogens with zero attached hydrogens (tertiary/aromatic N) is 2. The van der Waals surface area contributed by atoms with E-state index in [-0.39, 0.29) is 23.9 Å². The summed E-state index contributed by atoms with van der Waals surface area (Å²) in [4.78, 5) is 30.8. The van der Waals surface area contributed by atoms with E-state index in [0.717, 1.165) is 42.9 Å². The van der Waals surface area contributed by atoms with Gasteiger partial charge in [-0.1, -0.05) is 55.5 Å². The van der Waals surface area contributed by atoms with E-state index in [1.807, 2.05) is 77.4 Å². The first-order valence-corrected chi connectivity index (χ1v) is 13.2. The van der Waals surface area contributed by atoms with Gasteiger partial charge in [0.2, 0.25) is 5.91 Å². The number of nitrogens with one attached hydrogen (secondary N) is 1. The van der Waals surface area contributed by atoms with Crippen LogP contribution in [0, 0.1) is 0 Å². The molecule has 5 rings (SSSR count). The topological polar surface area (TPSA) is 52.7 Å². The van der Waals surface area contributed by atoms with E-state index in [1.54, 1.807) is 0 Å². The molecule has 0 radical (unpaired) electrons. The predicted octanol–water partition coefficient (Wildman–Crippen LogP) is 6.08. The van der Waals surface area contributed by atoms with Crippen molar-refractivity contribution >= 4 is 23.2 Å². The molecule has 2 aliphatic heterocycles. The van der Waals surface area contributed by atoms with Gasteiger partial charge in [0, 0.05) is 29.4 Å². The SMILES string of the molecule is CCC(=O)N(c1ccccc1)C1CC(C)N(C(=O)c2ccc(C3CCNCC3)cc2)c2ccccc21. The van der Waals surface area contributed by atoms with Crippen molar-refractivity contribution in [3.63, 3.8) is 0 Å². The number of benzene rings is 3. The van der Waals surface area contributed by atoms with Gasteiger partial charge in [-0.05, 0) is 86.7 Å². The van der Waals surface area contributed by atoms with Gasteiger partial charge < -0.3 is 15.1 Å². The van der Waals surface area contributed by atoms with Crippen molar-refractivity contribution in [3.05, 3.63) is 95.6 Å². The second kappa shape index (κ2) is 10.7. The lowest BCUT2D eigenvalue weighted by molar-refractivity contribution is -0.118. The molecule has 2 unspecified atom stereocenters. The molecule has 2 amide bonds. The van der Waals surface area contributed by atoms with Crippen LogP contribution >= 0.6 is 0 Å². The van der Waals surface area contributed by atoms with E-state index >= 15 is 0 Å². The number of piperidine rings is 1. The first-order chi connectivity index (χ1) is 17.6. The third-order valence-corrected chi connectivity index (χ3v) is 7.66. The molecule has 1 N–H and O–H groups in total. The number of para-hydroxylation sites is 2. The van der Waals surface area contributed by atoms with Crippen LogP contribution < -0.4 is 15.1 Å². The van der Waals surface area contributed by atoms with Gasteiger partial charge in [0.05, 0.1) is 6.04 Å². The van der Waals surface area contributed by atoms with Gasteiger partial charge in [0.1, 0.15) is 0 Å². The van der Waals surface area contributed by atoms with Crippen LogP contribution in [-0.4, -0.2) is 30.9 Å². The fraction of sp³-hybridized carbons (Fsp3) is 0.355. The zero-order valence-electron chi connectivity index (χ0n) is 21.2. The summed E-state index contributed by atoms with van der Waals surface area (Å²) in [6, 6.07) is 26.0. The molecule has 1 fully saturated rings. The monoisotopic (exact) mass is 481 g/mol. The van der Waals surface area contributed by atoms with Crippen molar-refractivity contribution in [2.24, 2.45) is 0 Å². The molecule has 1 saturated heterocycles. The van der Waals surface area contributed by atoms with Crippen LogP contribution in [0.5, 0.6) is 0 Å². The van der Waals surface area contributed by atoms with Crippen molar-refractivity contribution in [2.45, 2.75) is 57.5 Å². The summed E-state index contributed by atoms with van der Waals surface area (Å²) in [6.45, 7) is 6.09. The second-order valence-electron chi connectivity index (χ2n) is 9.93. The molecule has 2 aliphatic rings. The predicted molar refractivity (Wildman–Crippen MR) is 146 cm³/mol. The third kappa shape index (κ3) is 4.68. The maximum atomic E-state index is 13.8. The van der Waals surface area contributed by atoms with E-state index < -0.39 is 0 Å². The van der Waals surface area contributed by atoms with Gasteiger partial charge in [-0.2, -0.15) is 0 Å². The smallest absolute Gasteiger partial charge is 0.258 e. The van der Waals surface area contributed by atoms with E-state index in [9.17, 15) is 9.59 Å². The van der Waals surface area contributed by atoms with Gasteiger partial charge in [-0.3, -0.25) is 9.59 Å². The number of hydrogen-bond donors (Lipinski definition) is 1. The summed E-state index contributed by atoms with van der Waals surface area (Å²) in [5.41, 5.74) is 4.82. The molecule has 2 heterocycles. The molecule has 0 aliphatic carbocycles. The van der Waals surface area contributed by atoms with Crippen molar-refractivity contribution in [2.75, 3.05) is 22.9 Å². The van der Waals surface area contributed by atoms with Crippen LogP contribution in [0.1, 0.15) is 73.0 Å². The highest BCUT2D eigenvalue weighted by atomic mass is 16.2. The number of hydrogen-bond acceptors (Lipinski definition) is 3. The molecule has 0 saturated carbocycles. The van der Waals surface area contributed by atoms with Crippen LogP contribution in [0.25, 0.3) is 0 Å². The first kappa shape index (κ1) is 24.3. The lowest BCUT2D eigenvalue weighted by Crippen LogP contribution is -2.47. The van der Waals surface area contributed by atoms with Crippen LogP contribution in [0.2, 0.25) is 0 Å². The first-order valence-electron chi connectivity index (χ1n) is 13.2. The number of carbonyl (C=O) groups is 2. The average Bonchev–Trinajstić information content (AvgIpc) is 2.94. The number of rotatable bonds is 5. The van der Waals surface area contributed by atoms with E-state index in [1.165, 1.54) is 5.56 Å². The summed E-state index contributed by atoms with van der Waals surface area (Å²) >= 11 is 0. The maximum absolute atomic E-state index is 13.8. The van der Waals surface area contributed by atoms with Gasteiger partial charge in [-0.25, -0.2) is 0 Å².